The Labute approximate surface area is 241 Å². The van der Waals surface area contributed by atoms with Crippen molar-refractivity contribution in [2.75, 3.05) is 13.2 Å². The molecule has 184 valence electrons. The topological polar surface area (TPSA) is 96.8 Å². The van der Waals surface area contributed by atoms with Crippen LogP contribution in [0.25, 0.3) is 11.0 Å². The maximum absolute atomic E-state index is 9.61. The summed E-state index contributed by atoms with van der Waals surface area (Å²) in [5, 5.41) is 27.1. The Hall–Kier alpha value is -0.680. The largest absolute Gasteiger partial charge is 0.506 e. The number of fused-ring (bicyclic) bond motifs is 2. The quantitative estimate of drug-likeness (QED) is 0.193. The predicted octanol–water partition coefficient (Wildman–Crippen LogP) is 6.05. The van der Waals surface area contributed by atoms with Gasteiger partial charge in [-0.15, -0.1) is 0 Å². The minimum Gasteiger partial charge on any atom is -0.506 e. The fourth-order valence-electron chi connectivity index (χ4n) is 2.52. The third-order valence-corrected chi connectivity index (χ3v) is 7.10. The van der Waals surface area contributed by atoms with Gasteiger partial charge in [0, 0.05) is 8.95 Å². The molecule has 5 rings (SSSR count). The van der Waals surface area contributed by atoms with E-state index in [0.717, 1.165) is 33.7 Å². The normalized spacial score (nSPS) is 14.3. The van der Waals surface area contributed by atoms with Crippen LogP contribution in [0, 0.1) is 7.14 Å². The minimum atomic E-state index is -0.847. The second-order valence-corrected chi connectivity index (χ2v) is 12.8. The number of aromatic hydroxyl groups is 1. The SMILES string of the molecule is CC(C)(O)COc1cc(Br)c2c(I)cnn2c1.CC1(C)CO1.Oc1cc(Br)c2c(I)cnn2c1. The summed E-state index contributed by atoms with van der Waals surface area (Å²) < 4.78 is 17.7. The first-order valence-corrected chi connectivity index (χ1v) is 13.8. The molecule has 4 aromatic heterocycles. The maximum atomic E-state index is 9.61. The van der Waals surface area contributed by atoms with Crippen LogP contribution in [0.5, 0.6) is 11.5 Å². The molecule has 0 unspecified atom stereocenters. The Morgan fingerprint density at radius 3 is 2.00 bits per heavy atom. The van der Waals surface area contributed by atoms with Crippen LogP contribution in [0.15, 0.2) is 45.9 Å². The average molecular weight is 822 g/mol. The summed E-state index contributed by atoms with van der Waals surface area (Å²) in [6, 6.07) is 3.53. The van der Waals surface area contributed by atoms with Gasteiger partial charge in [-0.05, 0) is 117 Å². The van der Waals surface area contributed by atoms with Crippen molar-refractivity contribution in [2.24, 2.45) is 0 Å². The van der Waals surface area contributed by atoms with Crippen molar-refractivity contribution in [1.82, 2.24) is 19.2 Å². The van der Waals surface area contributed by atoms with E-state index in [1.165, 1.54) is 0 Å². The molecule has 0 atom stereocenters. The standard InChI is InChI=1S/C11H12BrIN2O2.C7H4BrIN2O.C4H8O/c1-11(2,16)6-17-7-3-8(12)10-9(13)4-14-15(10)5-7;8-5-1-4(12)3-11-7(5)6(9)2-10-11;1-4(2)3-5-4/h3-5,16H,6H2,1-2H3;1-3,12H;3H2,1-2H3. The predicted molar refractivity (Wildman–Crippen MR) is 155 cm³/mol. The van der Waals surface area contributed by atoms with E-state index in [-0.39, 0.29) is 18.0 Å². The first-order valence-electron chi connectivity index (χ1n) is 10.1. The molecular formula is C22H24Br2I2N4O4. The number of aromatic nitrogens is 4. The van der Waals surface area contributed by atoms with Crippen LogP contribution in [0.1, 0.15) is 27.7 Å². The van der Waals surface area contributed by atoms with E-state index in [2.05, 4.69) is 101 Å². The molecule has 4 aromatic rings. The van der Waals surface area contributed by atoms with Crippen LogP contribution in [0.3, 0.4) is 0 Å². The van der Waals surface area contributed by atoms with Crippen molar-refractivity contribution in [2.45, 2.75) is 38.9 Å². The molecule has 0 amide bonds. The van der Waals surface area contributed by atoms with Gasteiger partial charge in [0.05, 0.1) is 60.8 Å². The number of rotatable bonds is 3. The molecule has 34 heavy (non-hydrogen) atoms. The van der Waals surface area contributed by atoms with Crippen molar-refractivity contribution in [1.29, 1.82) is 0 Å². The van der Waals surface area contributed by atoms with Crippen LogP contribution < -0.4 is 4.74 Å². The van der Waals surface area contributed by atoms with Crippen molar-refractivity contribution < 1.29 is 19.7 Å². The van der Waals surface area contributed by atoms with Gasteiger partial charge in [-0.2, -0.15) is 10.2 Å². The first-order chi connectivity index (χ1) is 15.8. The first kappa shape index (κ1) is 27.9. The zero-order valence-electron chi connectivity index (χ0n) is 18.9. The Kier molecular flexibility index (Phi) is 9.15. The summed E-state index contributed by atoms with van der Waals surface area (Å²) in [6.45, 7) is 8.76. The lowest BCUT2D eigenvalue weighted by atomic mass is 10.2. The lowest BCUT2D eigenvalue weighted by Gasteiger charge is -2.18. The van der Waals surface area contributed by atoms with E-state index in [0.29, 0.717) is 5.75 Å². The summed E-state index contributed by atoms with van der Waals surface area (Å²) in [7, 11) is 0. The highest BCUT2D eigenvalue weighted by molar-refractivity contribution is 14.1. The molecule has 1 fully saturated rings. The summed E-state index contributed by atoms with van der Waals surface area (Å²) in [6.07, 6.45) is 6.91. The highest BCUT2D eigenvalue weighted by atomic mass is 127. The highest BCUT2D eigenvalue weighted by Gasteiger charge is 2.32. The summed E-state index contributed by atoms with van der Waals surface area (Å²) in [5.74, 6) is 0.875. The lowest BCUT2D eigenvalue weighted by Crippen LogP contribution is -2.27. The van der Waals surface area contributed by atoms with Crippen LogP contribution in [-0.4, -0.2) is 53.9 Å². The molecular weight excluding hydrogens is 798 g/mol. The van der Waals surface area contributed by atoms with Crippen LogP contribution in [0.4, 0.5) is 0 Å². The molecule has 0 bridgehead atoms. The van der Waals surface area contributed by atoms with E-state index < -0.39 is 5.60 Å². The highest BCUT2D eigenvalue weighted by Crippen LogP contribution is 2.28. The summed E-state index contributed by atoms with van der Waals surface area (Å²) >= 11 is 11.3. The van der Waals surface area contributed by atoms with Gasteiger partial charge in [-0.25, -0.2) is 9.03 Å². The molecule has 0 saturated carbocycles. The zero-order chi connectivity index (χ0) is 25.3. The molecule has 1 aliphatic heterocycles. The molecule has 2 N–H and O–H groups in total. The van der Waals surface area contributed by atoms with E-state index >= 15 is 0 Å². The van der Waals surface area contributed by atoms with Gasteiger partial charge < -0.3 is 19.7 Å². The van der Waals surface area contributed by atoms with Gasteiger partial charge in [-0.3, -0.25) is 0 Å². The number of nitrogens with zero attached hydrogens (tertiary/aromatic N) is 4. The minimum absolute atomic E-state index is 0.203. The average Bonchev–Trinajstić information content (AvgIpc) is 3.09. The van der Waals surface area contributed by atoms with Gasteiger partial charge in [0.1, 0.15) is 18.1 Å². The summed E-state index contributed by atoms with van der Waals surface area (Å²) in [5.41, 5.74) is 1.40. The number of epoxide rings is 1. The van der Waals surface area contributed by atoms with Gasteiger partial charge in [-0.1, -0.05) is 0 Å². The number of ether oxygens (including phenoxy) is 2. The monoisotopic (exact) mass is 820 g/mol. The van der Waals surface area contributed by atoms with E-state index in [1.807, 2.05) is 6.07 Å². The van der Waals surface area contributed by atoms with Gasteiger partial charge in [0.15, 0.2) is 0 Å². The van der Waals surface area contributed by atoms with Crippen LogP contribution in [-0.2, 0) is 4.74 Å². The van der Waals surface area contributed by atoms with Crippen molar-refractivity contribution in [3.8, 4) is 11.5 Å². The van der Waals surface area contributed by atoms with Gasteiger partial charge in [0.25, 0.3) is 0 Å². The fourth-order valence-corrected chi connectivity index (χ4v) is 5.84. The lowest BCUT2D eigenvalue weighted by molar-refractivity contribution is 0.0283. The summed E-state index contributed by atoms with van der Waals surface area (Å²) in [4.78, 5) is 0. The fraction of sp³-hybridized carbons (Fsp3) is 0.364. The van der Waals surface area contributed by atoms with Crippen molar-refractivity contribution in [3.05, 3.63) is 53.0 Å². The van der Waals surface area contributed by atoms with Gasteiger partial charge in [0.2, 0.25) is 0 Å². The number of aliphatic hydroxyl groups is 1. The third-order valence-electron chi connectivity index (χ3n) is 4.32. The van der Waals surface area contributed by atoms with Crippen molar-refractivity contribution >= 4 is 88.1 Å². The second-order valence-electron chi connectivity index (χ2n) is 8.79. The number of hydrogen-bond donors (Lipinski definition) is 2. The van der Waals surface area contributed by atoms with Crippen LogP contribution in [0.2, 0.25) is 0 Å². The Bertz CT molecular complexity index is 1300. The van der Waals surface area contributed by atoms with Gasteiger partial charge >= 0.3 is 0 Å². The molecule has 1 saturated heterocycles. The molecule has 0 aromatic carbocycles. The number of halogens is 4. The molecule has 0 radical (unpaired) electrons. The molecule has 5 heterocycles. The molecule has 12 heteroatoms. The molecule has 0 spiro atoms. The number of hydrogen-bond acceptors (Lipinski definition) is 6. The van der Waals surface area contributed by atoms with E-state index in [9.17, 15) is 10.2 Å². The second kappa shape index (κ2) is 11.2. The Morgan fingerprint density at radius 2 is 1.53 bits per heavy atom. The van der Waals surface area contributed by atoms with E-state index in [1.54, 1.807) is 53.7 Å². The third kappa shape index (κ3) is 7.91. The molecule has 1 aliphatic rings. The van der Waals surface area contributed by atoms with E-state index in [4.69, 9.17) is 9.47 Å². The zero-order valence-corrected chi connectivity index (χ0v) is 26.4. The molecule has 8 nitrogen and oxygen atoms in total. The molecule has 0 aliphatic carbocycles. The van der Waals surface area contributed by atoms with Crippen molar-refractivity contribution in [3.63, 3.8) is 0 Å². The van der Waals surface area contributed by atoms with Crippen LogP contribution >= 0.6 is 77.0 Å². The smallest absolute Gasteiger partial charge is 0.138 e. The number of pyridine rings is 2. The maximum Gasteiger partial charge on any atom is 0.138 e. The Balaban J connectivity index is 0.000000164. The Morgan fingerprint density at radius 1 is 1.06 bits per heavy atom.